The highest BCUT2D eigenvalue weighted by molar-refractivity contribution is 7.18. The number of hydrogen-bond donors (Lipinski definition) is 1. The average molecular weight is 294 g/mol. The molecule has 2 saturated heterocycles. The molecule has 110 valence electrons. The Balaban J connectivity index is 1.76. The van der Waals surface area contributed by atoms with Gasteiger partial charge in [-0.15, -0.1) is 0 Å². The summed E-state index contributed by atoms with van der Waals surface area (Å²) in [6.07, 6.45) is 4.77. The van der Waals surface area contributed by atoms with Crippen LogP contribution in [0.2, 0.25) is 0 Å². The van der Waals surface area contributed by atoms with Gasteiger partial charge in [-0.25, -0.2) is 4.98 Å². The lowest BCUT2D eigenvalue weighted by Gasteiger charge is -2.25. The highest BCUT2D eigenvalue weighted by Crippen LogP contribution is 2.32. The molecule has 0 saturated carbocycles. The number of amides is 1. The molecule has 2 N–H and O–H groups in total. The van der Waals surface area contributed by atoms with E-state index in [1.165, 1.54) is 30.6 Å². The van der Waals surface area contributed by atoms with Crippen molar-refractivity contribution in [3.05, 3.63) is 4.88 Å². The van der Waals surface area contributed by atoms with E-state index >= 15 is 0 Å². The predicted octanol–water partition coefficient (Wildman–Crippen LogP) is 2.20. The smallest absolute Gasteiger partial charge is 0.267 e. The molecule has 0 aromatic carbocycles. The molecule has 20 heavy (non-hydrogen) atoms. The first-order valence-corrected chi connectivity index (χ1v) is 8.27. The first kappa shape index (κ1) is 13.7. The van der Waals surface area contributed by atoms with Crippen molar-refractivity contribution in [2.75, 3.05) is 36.8 Å². The summed E-state index contributed by atoms with van der Waals surface area (Å²) in [5.74, 6) is 1.06. The summed E-state index contributed by atoms with van der Waals surface area (Å²) in [5.41, 5.74) is 5.98. The molecular formula is C14H22N4OS. The van der Waals surface area contributed by atoms with Crippen LogP contribution in [0.15, 0.2) is 0 Å². The minimum Gasteiger partial charge on any atom is -0.382 e. The third kappa shape index (κ3) is 2.61. The van der Waals surface area contributed by atoms with E-state index in [4.69, 9.17) is 5.73 Å². The van der Waals surface area contributed by atoms with Crippen LogP contribution < -0.4 is 10.6 Å². The zero-order valence-electron chi connectivity index (χ0n) is 12.0. The number of nitrogen functional groups attached to an aromatic ring is 1. The van der Waals surface area contributed by atoms with Crippen molar-refractivity contribution in [2.24, 2.45) is 5.92 Å². The van der Waals surface area contributed by atoms with E-state index in [2.05, 4.69) is 16.8 Å². The van der Waals surface area contributed by atoms with Gasteiger partial charge >= 0.3 is 0 Å². The number of carbonyl (C=O) groups is 1. The van der Waals surface area contributed by atoms with E-state index in [0.29, 0.717) is 16.6 Å². The maximum Gasteiger partial charge on any atom is 0.267 e. The fourth-order valence-electron chi connectivity index (χ4n) is 2.96. The molecule has 3 rings (SSSR count). The van der Waals surface area contributed by atoms with Crippen LogP contribution in [0.5, 0.6) is 0 Å². The van der Waals surface area contributed by atoms with Gasteiger partial charge in [0, 0.05) is 26.2 Å². The van der Waals surface area contributed by atoms with Gasteiger partial charge in [-0.3, -0.25) is 4.79 Å². The second kappa shape index (κ2) is 5.60. The monoisotopic (exact) mass is 294 g/mol. The quantitative estimate of drug-likeness (QED) is 0.908. The Morgan fingerprint density at radius 3 is 2.70 bits per heavy atom. The number of nitrogens with two attached hydrogens (primary N) is 1. The van der Waals surface area contributed by atoms with E-state index in [-0.39, 0.29) is 5.91 Å². The first-order chi connectivity index (χ1) is 9.65. The molecule has 0 bridgehead atoms. The fraction of sp³-hybridized carbons (Fsp3) is 0.714. The zero-order chi connectivity index (χ0) is 14.1. The van der Waals surface area contributed by atoms with Crippen LogP contribution in [0, 0.1) is 5.92 Å². The summed E-state index contributed by atoms with van der Waals surface area (Å²) >= 11 is 1.46. The predicted molar refractivity (Wildman–Crippen MR) is 82.3 cm³/mol. The van der Waals surface area contributed by atoms with Crippen molar-refractivity contribution in [3.8, 4) is 0 Å². The van der Waals surface area contributed by atoms with Gasteiger partial charge in [-0.1, -0.05) is 18.3 Å². The van der Waals surface area contributed by atoms with E-state index in [9.17, 15) is 4.79 Å². The highest BCUT2D eigenvalue weighted by atomic mass is 32.1. The molecule has 6 heteroatoms. The number of nitrogens with zero attached hydrogens (tertiary/aromatic N) is 3. The second-order valence-electron chi connectivity index (χ2n) is 5.90. The lowest BCUT2D eigenvalue weighted by Crippen LogP contribution is -2.29. The Hall–Kier alpha value is -1.30. The van der Waals surface area contributed by atoms with Gasteiger partial charge in [-0.2, -0.15) is 0 Å². The highest BCUT2D eigenvalue weighted by Gasteiger charge is 2.28. The van der Waals surface area contributed by atoms with Crippen LogP contribution in [-0.2, 0) is 0 Å². The molecule has 2 aliphatic heterocycles. The van der Waals surface area contributed by atoms with Crippen LogP contribution in [-0.4, -0.2) is 42.0 Å². The van der Waals surface area contributed by atoms with Crippen molar-refractivity contribution in [2.45, 2.75) is 32.6 Å². The first-order valence-electron chi connectivity index (χ1n) is 7.45. The normalized spacial score (nSPS) is 23.4. The molecule has 1 atom stereocenters. The zero-order valence-corrected chi connectivity index (χ0v) is 12.8. The van der Waals surface area contributed by atoms with Gasteiger partial charge in [0.05, 0.1) is 0 Å². The fourth-order valence-corrected chi connectivity index (χ4v) is 3.96. The standard InChI is InChI=1S/C14H22N4OS/c1-10-5-8-18(9-10)13(19)11-12(15)16-14(20-11)17-6-3-2-4-7-17/h10H,2-9,15H2,1H3. The summed E-state index contributed by atoms with van der Waals surface area (Å²) in [6.45, 7) is 5.93. The molecule has 1 unspecified atom stereocenters. The second-order valence-corrected chi connectivity index (χ2v) is 6.88. The van der Waals surface area contributed by atoms with Gasteiger partial charge in [0.2, 0.25) is 0 Å². The number of anilines is 2. The lowest BCUT2D eigenvalue weighted by atomic mass is 10.1. The summed E-state index contributed by atoms with van der Waals surface area (Å²) in [4.78, 5) is 21.7. The van der Waals surface area contributed by atoms with Crippen molar-refractivity contribution in [1.29, 1.82) is 0 Å². The lowest BCUT2D eigenvalue weighted by molar-refractivity contribution is 0.0793. The molecule has 1 amide bonds. The van der Waals surface area contributed by atoms with Crippen LogP contribution in [0.25, 0.3) is 0 Å². The van der Waals surface area contributed by atoms with Crippen LogP contribution in [0.3, 0.4) is 0 Å². The van der Waals surface area contributed by atoms with E-state index < -0.39 is 0 Å². The number of carbonyl (C=O) groups excluding carboxylic acids is 1. The molecule has 1 aromatic rings. The van der Waals surface area contributed by atoms with Crippen molar-refractivity contribution >= 4 is 28.2 Å². The van der Waals surface area contributed by atoms with E-state index in [1.54, 1.807) is 0 Å². The van der Waals surface area contributed by atoms with Crippen molar-refractivity contribution < 1.29 is 4.79 Å². The van der Waals surface area contributed by atoms with Crippen LogP contribution >= 0.6 is 11.3 Å². The molecule has 1 aromatic heterocycles. The summed E-state index contributed by atoms with van der Waals surface area (Å²) in [7, 11) is 0. The third-order valence-corrected chi connectivity index (χ3v) is 5.29. The van der Waals surface area contributed by atoms with Crippen LogP contribution in [0.4, 0.5) is 10.9 Å². The summed E-state index contributed by atoms with van der Waals surface area (Å²) in [5, 5.41) is 0.915. The Labute approximate surface area is 123 Å². The SMILES string of the molecule is CC1CCN(C(=O)c2sc(N3CCCCC3)nc2N)C1. The van der Waals surface area contributed by atoms with Gasteiger partial charge < -0.3 is 15.5 Å². The number of likely N-dealkylation sites (tertiary alicyclic amines) is 1. The number of aromatic nitrogens is 1. The Bertz CT molecular complexity index is 495. The largest absolute Gasteiger partial charge is 0.382 e. The van der Waals surface area contributed by atoms with Crippen molar-refractivity contribution in [3.63, 3.8) is 0 Å². The third-order valence-electron chi connectivity index (χ3n) is 4.17. The van der Waals surface area contributed by atoms with Gasteiger partial charge in [0.1, 0.15) is 10.7 Å². The molecule has 3 heterocycles. The van der Waals surface area contributed by atoms with Crippen molar-refractivity contribution in [1.82, 2.24) is 9.88 Å². The van der Waals surface area contributed by atoms with Gasteiger partial charge in [-0.05, 0) is 31.6 Å². The number of piperidine rings is 1. The summed E-state index contributed by atoms with van der Waals surface area (Å²) < 4.78 is 0. The van der Waals surface area contributed by atoms with Crippen LogP contribution in [0.1, 0.15) is 42.3 Å². The van der Waals surface area contributed by atoms with E-state index in [0.717, 1.165) is 37.7 Å². The topological polar surface area (TPSA) is 62.5 Å². The average Bonchev–Trinajstić information content (AvgIpc) is 3.05. The Morgan fingerprint density at radius 1 is 1.30 bits per heavy atom. The summed E-state index contributed by atoms with van der Waals surface area (Å²) in [6, 6.07) is 0. The Morgan fingerprint density at radius 2 is 2.05 bits per heavy atom. The number of rotatable bonds is 2. The maximum absolute atomic E-state index is 12.5. The molecule has 0 spiro atoms. The van der Waals surface area contributed by atoms with Gasteiger partial charge in [0.15, 0.2) is 5.13 Å². The minimum absolute atomic E-state index is 0.0626. The Kier molecular flexibility index (Phi) is 3.83. The molecule has 2 fully saturated rings. The van der Waals surface area contributed by atoms with E-state index in [1.807, 2.05) is 4.90 Å². The number of hydrogen-bond acceptors (Lipinski definition) is 5. The number of thiazole rings is 1. The molecule has 0 radical (unpaired) electrons. The molecular weight excluding hydrogens is 272 g/mol. The maximum atomic E-state index is 12.5. The van der Waals surface area contributed by atoms with Gasteiger partial charge in [0.25, 0.3) is 5.91 Å². The minimum atomic E-state index is 0.0626. The molecule has 0 aliphatic carbocycles. The molecule has 5 nitrogen and oxygen atoms in total. The molecule has 2 aliphatic rings.